The lowest BCUT2D eigenvalue weighted by molar-refractivity contribution is -0.0546. The molecule has 0 aromatic carbocycles. The molecule has 41 heteroatoms. The highest BCUT2D eigenvalue weighted by atomic mass is 33.1. The highest BCUT2D eigenvalue weighted by Crippen LogP contribution is 2.67. The first-order valence-electron chi connectivity index (χ1n) is 18.1. The molecule has 4 heterocycles. The average Bonchev–Trinajstić information content (AvgIpc) is 3.77. The normalized spacial score (nSPS) is 24.4. The van der Waals surface area contributed by atoms with E-state index in [4.69, 9.17) is 53.3 Å². The van der Waals surface area contributed by atoms with Crippen LogP contribution in [0.5, 0.6) is 0 Å². The van der Waals surface area contributed by atoms with Gasteiger partial charge in [0.15, 0.2) is 0 Å². The zero-order chi connectivity index (χ0) is 50.9. The van der Waals surface area contributed by atoms with E-state index in [1.807, 2.05) is 4.98 Å². The Morgan fingerprint density at radius 2 is 1.03 bits per heavy atom. The summed E-state index contributed by atoms with van der Waals surface area (Å²) >= 11 is 0. The monoisotopic (exact) mass is 1130 g/mol. The van der Waals surface area contributed by atoms with Crippen molar-refractivity contribution in [2.75, 3.05) is 31.6 Å². The molecule has 0 radical (unpaired) electrons. The first-order chi connectivity index (χ1) is 31.4. The fraction of sp³-hybridized carbons (Fsp3) is 0.556. The number of aromatic nitrogens is 4. The molecule has 382 valence electrons. The molecule has 2 aromatic rings. The minimum atomic E-state index is -5.91. The quantitative estimate of drug-likeness (QED) is 0.0219. The van der Waals surface area contributed by atoms with Crippen molar-refractivity contribution in [3.8, 4) is 23.7 Å². The number of aromatic amines is 2. The summed E-state index contributed by atoms with van der Waals surface area (Å²) < 4.78 is 120. The van der Waals surface area contributed by atoms with E-state index in [1.165, 1.54) is 0 Å². The van der Waals surface area contributed by atoms with E-state index >= 15 is 0 Å². The van der Waals surface area contributed by atoms with Gasteiger partial charge in [-0.2, -0.15) is 17.2 Å². The Morgan fingerprint density at radius 1 is 0.647 bits per heavy atom. The van der Waals surface area contributed by atoms with E-state index in [2.05, 4.69) is 45.9 Å². The third-order valence-corrected chi connectivity index (χ3v) is 17.3. The number of hydrogen-bond acceptors (Lipinski definition) is 23. The molecule has 2 aliphatic rings. The van der Waals surface area contributed by atoms with Crippen molar-refractivity contribution >= 4 is 68.5 Å². The third kappa shape index (κ3) is 19.1. The fourth-order valence-electron chi connectivity index (χ4n) is 5.54. The van der Waals surface area contributed by atoms with Gasteiger partial charge in [-0.1, -0.05) is 52.2 Å². The number of phosphoric ester groups is 2. The number of nitrogens with zero attached hydrogens (tertiary/aromatic N) is 2. The van der Waals surface area contributed by atoms with Crippen molar-refractivity contribution in [1.82, 2.24) is 19.1 Å². The first kappa shape index (κ1) is 58.4. The van der Waals surface area contributed by atoms with Crippen LogP contribution in [0.1, 0.15) is 49.8 Å². The molecule has 0 aliphatic carbocycles. The topological polar surface area (TPSA) is 492 Å². The molecular weight excluding hydrogens is 1090 g/mol. The Bertz CT molecular complexity index is 2620. The summed E-state index contributed by atoms with van der Waals surface area (Å²) in [7, 11) is -32.7. The second kappa shape index (κ2) is 24.5. The van der Waals surface area contributed by atoms with Crippen LogP contribution in [0.4, 0.5) is 0 Å². The number of H-pyrrole nitrogens is 2. The van der Waals surface area contributed by atoms with Crippen molar-refractivity contribution in [2.45, 2.75) is 63.1 Å². The summed E-state index contributed by atoms with van der Waals surface area (Å²) in [6.45, 7) is -0.479. The Kier molecular flexibility index (Phi) is 21.0. The Balaban J connectivity index is 1.47. The molecule has 10 atom stereocenters. The largest absolute Gasteiger partial charge is 0.490 e. The summed E-state index contributed by atoms with van der Waals surface area (Å²) in [5.74, 6) is 9.56. The van der Waals surface area contributed by atoms with Gasteiger partial charge in [-0.3, -0.25) is 37.7 Å². The molecule has 12 N–H and O–H groups in total. The summed E-state index contributed by atoms with van der Waals surface area (Å²) in [5.41, 5.74) is 1.34. The lowest BCUT2D eigenvalue weighted by atomic mass is 10.2. The van der Waals surface area contributed by atoms with Gasteiger partial charge in [0.2, 0.25) is 0 Å². The van der Waals surface area contributed by atoms with Crippen molar-refractivity contribution in [3.63, 3.8) is 0 Å². The van der Waals surface area contributed by atoms with Gasteiger partial charge >= 0.3 is 58.3 Å². The predicted molar refractivity (Wildman–Crippen MR) is 227 cm³/mol. The van der Waals surface area contributed by atoms with Crippen LogP contribution < -0.4 is 28.2 Å². The average molecular weight is 1130 g/mol. The molecule has 0 saturated carbocycles. The molecular formula is C27H39N5O28P6S2. The number of hydrogen-bond donors (Lipinski definition) is 11. The van der Waals surface area contributed by atoms with Crippen LogP contribution in [-0.2, 0) is 72.6 Å². The molecule has 0 amide bonds. The minimum Gasteiger partial charge on any atom is -0.364 e. The molecule has 4 rings (SSSR count). The Hall–Kier alpha value is -2.20. The van der Waals surface area contributed by atoms with Gasteiger partial charge in [-0.15, -0.1) is 0 Å². The van der Waals surface area contributed by atoms with E-state index in [0.717, 1.165) is 43.1 Å². The van der Waals surface area contributed by atoms with Gasteiger partial charge in [0.1, 0.15) is 47.7 Å². The maximum atomic E-state index is 12.8. The second-order valence-electron chi connectivity index (χ2n) is 13.0. The van der Waals surface area contributed by atoms with E-state index in [0.29, 0.717) is 6.42 Å². The van der Waals surface area contributed by atoms with Crippen LogP contribution in [0.15, 0.2) is 31.6 Å². The highest BCUT2D eigenvalue weighted by Gasteiger charge is 2.45. The zero-order valence-corrected chi connectivity index (χ0v) is 41.0. The van der Waals surface area contributed by atoms with Crippen molar-refractivity contribution in [2.24, 2.45) is 5.73 Å². The van der Waals surface area contributed by atoms with Crippen LogP contribution in [-0.4, -0.2) is 114 Å². The van der Waals surface area contributed by atoms with Crippen molar-refractivity contribution < 1.29 is 112 Å². The van der Waals surface area contributed by atoms with Gasteiger partial charge in [0.05, 0.1) is 32.0 Å². The molecule has 0 bridgehead atoms. The second-order valence-corrected chi connectivity index (χ2v) is 24.2. The molecule has 2 aliphatic heterocycles. The highest BCUT2D eigenvalue weighted by molar-refractivity contribution is 8.76. The van der Waals surface area contributed by atoms with Crippen molar-refractivity contribution in [1.29, 1.82) is 0 Å². The van der Waals surface area contributed by atoms with Crippen molar-refractivity contribution in [3.05, 3.63) is 65.2 Å². The Labute approximate surface area is 387 Å². The van der Waals surface area contributed by atoms with Crippen LogP contribution in [0, 0.1) is 23.7 Å². The van der Waals surface area contributed by atoms with Crippen LogP contribution in [0.2, 0.25) is 0 Å². The van der Waals surface area contributed by atoms with Crippen LogP contribution in [0.3, 0.4) is 0 Å². The maximum Gasteiger partial charge on any atom is 0.490 e. The molecule has 2 aromatic heterocycles. The van der Waals surface area contributed by atoms with E-state index in [1.54, 1.807) is 6.92 Å². The zero-order valence-electron chi connectivity index (χ0n) is 34.0. The number of ether oxygens (including phenoxy) is 4. The standard InChI is InChI=1S/C27H39N5O28P6S2/c1-2-3-5-16-10-31(26(35)29-24(16)33)22-8-18(20(55-22)12-53-63(43,44)59-65(47,48)57-61(37,38)39)51-14-67-68-15-52-19-9-23(32-11-17(6-4-7-28)25(34)30-27(32)36)56-21(19)13-54-64(45,46)60-66(49,50)58-62(40,41)42/h10-11,18-23H,2,7-9,12-15,28H2,1H3,(H,43,44)(H,45,46)(H,47,48)(H,49,50)(H,29,33,35)(H,30,34,36)(H2,37,38,39)(H2,40,41,42)/t18?,19?,20-,21-,22-,23-/m1/s1. The maximum absolute atomic E-state index is 12.8. The smallest absolute Gasteiger partial charge is 0.364 e. The molecule has 6 unspecified atom stereocenters. The number of nitrogens with one attached hydrogen (secondary N) is 2. The summed E-state index contributed by atoms with van der Waals surface area (Å²) in [5, 5.41) is 0. The van der Waals surface area contributed by atoms with Crippen LogP contribution >= 0.6 is 68.5 Å². The first-order valence-corrected chi connectivity index (χ1v) is 29.7. The van der Waals surface area contributed by atoms with Gasteiger partial charge in [0.25, 0.3) is 11.1 Å². The van der Waals surface area contributed by atoms with Gasteiger partial charge < -0.3 is 63.8 Å². The molecule has 0 spiro atoms. The molecule has 33 nitrogen and oxygen atoms in total. The summed E-state index contributed by atoms with van der Waals surface area (Å²) in [6, 6.07) is 0. The third-order valence-electron chi connectivity index (χ3n) is 8.02. The van der Waals surface area contributed by atoms with E-state index in [-0.39, 0.29) is 42.4 Å². The molecule has 68 heavy (non-hydrogen) atoms. The summed E-state index contributed by atoms with van der Waals surface area (Å²) in [6.07, 6.45) is -5.82. The SMILES string of the molecule is CCC#Cc1cn([C@H]2CC(OCSSCOC3C[C@H](n4cc(C#CCN)c(=O)[nH]c4=O)O[C@@H]3COP(=O)(O)OP(=O)(O)OP(=O)(O)O)[C@@H](COP(=O)(O)OP(=O)(O)OP(=O)(O)O)O2)c(=O)[nH]c1=O. The van der Waals surface area contributed by atoms with Gasteiger partial charge in [0, 0.05) is 31.7 Å². The fourth-order valence-corrected chi connectivity index (χ4v) is 12.9. The van der Waals surface area contributed by atoms with E-state index in [9.17, 15) is 66.1 Å². The lowest BCUT2D eigenvalue weighted by Crippen LogP contribution is -2.33. The van der Waals surface area contributed by atoms with E-state index < -0.39 is 120 Å². The minimum absolute atomic E-state index is 0.140. The van der Waals surface area contributed by atoms with Crippen LogP contribution in [0.25, 0.3) is 0 Å². The predicted octanol–water partition coefficient (Wildman–Crippen LogP) is -0.513. The summed E-state index contributed by atoms with van der Waals surface area (Å²) in [4.78, 5) is 129. The Morgan fingerprint density at radius 3 is 1.38 bits per heavy atom. The molecule has 2 fully saturated rings. The lowest BCUT2D eigenvalue weighted by Gasteiger charge is -2.21. The molecule has 2 saturated heterocycles. The number of nitrogens with two attached hydrogens (primary N) is 1. The number of rotatable bonds is 23. The van der Waals surface area contributed by atoms with Gasteiger partial charge in [-0.05, 0) is 0 Å². The van der Waals surface area contributed by atoms with Gasteiger partial charge in [-0.25, -0.2) is 37.0 Å². The number of phosphoric acid groups is 6.